The lowest BCUT2D eigenvalue weighted by Crippen LogP contribution is -2.04. The molecular weight excluding hydrogens is 288 g/mol. The second kappa shape index (κ2) is 6.95. The fourth-order valence-electron chi connectivity index (χ4n) is 1.80. The van der Waals surface area contributed by atoms with Crippen LogP contribution in [0.1, 0.15) is 20.7 Å². The van der Waals surface area contributed by atoms with E-state index < -0.39 is 5.97 Å². The highest BCUT2D eigenvalue weighted by molar-refractivity contribution is 8.14. The Morgan fingerprint density at radius 3 is 2.19 bits per heavy atom. The highest BCUT2D eigenvalue weighted by Gasteiger charge is 2.18. The van der Waals surface area contributed by atoms with Crippen LogP contribution in [0.25, 0.3) is 0 Å². The number of thioether (sulfide) groups is 1. The first-order chi connectivity index (χ1) is 10.2. The van der Waals surface area contributed by atoms with Crippen LogP contribution in [0, 0.1) is 0 Å². The van der Waals surface area contributed by atoms with Gasteiger partial charge in [-0.05, 0) is 36.0 Å². The first-order valence-corrected chi connectivity index (χ1v) is 7.01. The Morgan fingerprint density at radius 1 is 0.905 bits per heavy atom. The molecule has 108 valence electrons. The number of esters is 1. The van der Waals surface area contributed by atoms with Crippen molar-refractivity contribution in [2.24, 2.45) is 0 Å². The molecule has 0 aromatic heterocycles. The van der Waals surface area contributed by atoms with E-state index in [-0.39, 0.29) is 5.12 Å². The fraction of sp³-hybridized carbons (Fsp3) is 0.125. The van der Waals surface area contributed by atoms with E-state index in [9.17, 15) is 9.59 Å². The quantitative estimate of drug-likeness (QED) is 0.640. The minimum atomic E-state index is -0.467. The topological polar surface area (TPSA) is 52.6 Å². The number of hydrogen-bond acceptors (Lipinski definition) is 5. The number of carbonyl (C=O) groups is 2. The van der Waals surface area contributed by atoms with Crippen LogP contribution in [-0.2, 0) is 4.74 Å². The highest BCUT2D eigenvalue weighted by atomic mass is 32.2. The molecule has 4 nitrogen and oxygen atoms in total. The van der Waals surface area contributed by atoms with Gasteiger partial charge >= 0.3 is 5.97 Å². The molecule has 0 saturated heterocycles. The van der Waals surface area contributed by atoms with Gasteiger partial charge in [0.1, 0.15) is 5.75 Å². The minimum absolute atomic E-state index is 0.191. The number of para-hydroxylation sites is 1. The molecule has 0 amide bonds. The molecule has 0 aliphatic carbocycles. The second-order valence-corrected chi connectivity index (χ2v) is 5.09. The monoisotopic (exact) mass is 302 g/mol. The number of benzene rings is 2. The van der Waals surface area contributed by atoms with Crippen LogP contribution in [0.2, 0.25) is 0 Å². The molecule has 2 rings (SSSR count). The van der Waals surface area contributed by atoms with Crippen molar-refractivity contribution >= 4 is 22.8 Å². The van der Waals surface area contributed by atoms with E-state index in [0.717, 1.165) is 11.8 Å². The van der Waals surface area contributed by atoms with Gasteiger partial charge in [-0.1, -0.05) is 24.3 Å². The summed E-state index contributed by atoms with van der Waals surface area (Å²) in [5.74, 6) is 0.0384. The molecule has 0 spiro atoms. The molecule has 0 radical (unpaired) electrons. The van der Waals surface area contributed by atoms with Crippen LogP contribution < -0.4 is 4.74 Å². The molecule has 0 heterocycles. The summed E-state index contributed by atoms with van der Waals surface area (Å²) >= 11 is 0.977. The fourth-order valence-corrected chi connectivity index (χ4v) is 2.69. The molecule has 0 atom stereocenters. The summed E-state index contributed by atoms with van der Waals surface area (Å²) in [4.78, 5) is 24.6. The molecular formula is C16H14O4S. The van der Waals surface area contributed by atoms with Crippen molar-refractivity contribution in [2.45, 2.75) is 4.90 Å². The average molecular weight is 302 g/mol. The Balaban J connectivity index is 2.30. The van der Waals surface area contributed by atoms with Gasteiger partial charge in [-0.3, -0.25) is 4.79 Å². The molecule has 0 aliphatic rings. The lowest BCUT2D eigenvalue weighted by Gasteiger charge is -2.09. The summed E-state index contributed by atoms with van der Waals surface area (Å²) in [5.41, 5.74) is 0.831. The van der Waals surface area contributed by atoms with Gasteiger partial charge in [-0.2, -0.15) is 0 Å². The van der Waals surface area contributed by atoms with Gasteiger partial charge in [0, 0.05) is 4.90 Å². The molecule has 2 aromatic rings. The van der Waals surface area contributed by atoms with E-state index in [1.165, 1.54) is 14.2 Å². The first kappa shape index (κ1) is 15.1. The number of rotatable bonds is 4. The summed E-state index contributed by atoms with van der Waals surface area (Å²) < 4.78 is 9.90. The third kappa shape index (κ3) is 3.44. The van der Waals surface area contributed by atoms with Gasteiger partial charge in [0.05, 0.1) is 25.3 Å². The van der Waals surface area contributed by atoms with Crippen LogP contribution in [0.5, 0.6) is 5.75 Å². The van der Waals surface area contributed by atoms with Gasteiger partial charge in [0.15, 0.2) is 0 Å². The van der Waals surface area contributed by atoms with Gasteiger partial charge in [0.25, 0.3) is 0 Å². The summed E-state index contributed by atoms with van der Waals surface area (Å²) in [7, 11) is 2.82. The Kier molecular flexibility index (Phi) is 5.00. The zero-order valence-electron chi connectivity index (χ0n) is 11.7. The largest absolute Gasteiger partial charge is 0.496 e. The SMILES string of the molecule is COC(=O)c1ccccc1SC(=O)c1ccccc1OC. The van der Waals surface area contributed by atoms with E-state index in [4.69, 9.17) is 9.47 Å². The molecule has 0 unspecified atom stereocenters. The van der Waals surface area contributed by atoms with E-state index in [1.54, 1.807) is 48.5 Å². The number of ether oxygens (including phenoxy) is 2. The first-order valence-electron chi connectivity index (χ1n) is 6.20. The van der Waals surface area contributed by atoms with Crippen molar-refractivity contribution in [1.29, 1.82) is 0 Å². The Morgan fingerprint density at radius 2 is 1.52 bits per heavy atom. The Labute approximate surface area is 127 Å². The smallest absolute Gasteiger partial charge is 0.339 e. The molecule has 0 N–H and O–H groups in total. The van der Waals surface area contributed by atoms with E-state index in [1.807, 2.05) is 0 Å². The third-order valence-electron chi connectivity index (χ3n) is 2.82. The second-order valence-electron chi connectivity index (χ2n) is 4.08. The summed E-state index contributed by atoms with van der Waals surface area (Å²) in [6.45, 7) is 0. The van der Waals surface area contributed by atoms with Crippen molar-refractivity contribution in [2.75, 3.05) is 14.2 Å². The maximum absolute atomic E-state index is 12.4. The standard InChI is InChI=1S/C16H14O4S/c1-19-13-9-5-3-7-11(13)16(18)21-14-10-6-4-8-12(14)15(17)20-2/h3-10H,1-2H3. The van der Waals surface area contributed by atoms with Gasteiger partial charge in [-0.25, -0.2) is 4.79 Å². The normalized spacial score (nSPS) is 10.0. The molecule has 0 fully saturated rings. The van der Waals surface area contributed by atoms with Gasteiger partial charge in [0.2, 0.25) is 5.12 Å². The molecule has 0 saturated carbocycles. The molecule has 2 aromatic carbocycles. The average Bonchev–Trinajstić information content (AvgIpc) is 2.54. The third-order valence-corrected chi connectivity index (χ3v) is 3.80. The molecule has 0 bridgehead atoms. The van der Waals surface area contributed by atoms with Crippen LogP contribution in [0.3, 0.4) is 0 Å². The zero-order chi connectivity index (χ0) is 15.2. The van der Waals surface area contributed by atoms with Crippen molar-refractivity contribution < 1.29 is 19.1 Å². The molecule has 21 heavy (non-hydrogen) atoms. The predicted octanol–water partition coefficient (Wildman–Crippen LogP) is 3.41. The van der Waals surface area contributed by atoms with Crippen LogP contribution >= 0.6 is 11.8 Å². The minimum Gasteiger partial charge on any atom is -0.496 e. The maximum atomic E-state index is 12.4. The van der Waals surface area contributed by atoms with Crippen LogP contribution in [0.15, 0.2) is 53.4 Å². The summed E-state index contributed by atoms with van der Waals surface area (Å²) in [6, 6.07) is 13.8. The van der Waals surface area contributed by atoms with E-state index in [2.05, 4.69) is 0 Å². The number of hydrogen-bond donors (Lipinski definition) is 0. The van der Waals surface area contributed by atoms with Crippen LogP contribution in [-0.4, -0.2) is 25.3 Å². The Hall–Kier alpha value is -2.27. The predicted molar refractivity (Wildman–Crippen MR) is 81.0 cm³/mol. The van der Waals surface area contributed by atoms with Gasteiger partial charge < -0.3 is 9.47 Å². The zero-order valence-corrected chi connectivity index (χ0v) is 12.5. The van der Waals surface area contributed by atoms with Crippen molar-refractivity contribution in [3.63, 3.8) is 0 Å². The summed E-state index contributed by atoms with van der Waals surface area (Å²) in [5, 5.41) is -0.191. The van der Waals surface area contributed by atoms with Crippen molar-refractivity contribution in [1.82, 2.24) is 0 Å². The molecule has 0 aliphatic heterocycles. The summed E-state index contributed by atoms with van der Waals surface area (Å²) in [6.07, 6.45) is 0. The van der Waals surface area contributed by atoms with Crippen LogP contribution in [0.4, 0.5) is 0 Å². The van der Waals surface area contributed by atoms with E-state index in [0.29, 0.717) is 21.8 Å². The Bertz CT molecular complexity index is 667. The molecule has 5 heteroatoms. The van der Waals surface area contributed by atoms with Crippen molar-refractivity contribution in [3.8, 4) is 5.75 Å². The number of carbonyl (C=O) groups excluding carboxylic acids is 2. The van der Waals surface area contributed by atoms with Crippen molar-refractivity contribution in [3.05, 3.63) is 59.7 Å². The number of methoxy groups -OCH3 is 2. The lowest BCUT2D eigenvalue weighted by molar-refractivity contribution is 0.0597. The maximum Gasteiger partial charge on any atom is 0.339 e. The van der Waals surface area contributed by atoms with Gasteiger partial charge in [-0.15, -0.1) is 0 Å². The lowest BCUT2D eigenvalue weighted by atomic mass is 10.2. The highest BCUT2D eigenvalue weighted by Crippen LogP contribution is 2.30. The van der Waals surface area contributed by atoms with E-state index >= 15 is 0 Å².